The average molecular weight is 535 g/mol. The molecule has 6 aliphatic rings. The van der Waals surface area contributed by atoms with Gasteiger partial charge in [0.2, 0.25) is 0 Å². The van der Waals surface area contributed by atoms with Gasteiger partial charge in [-0.15, -0.1) is 0 Å². The van der Waals surface area contributed by atoms with Crippen LogP contribution in [0.25, 0.3) is 0 Å². The van der Waals surface area contributed by atoms with Crippen molar-refractivity contribution in [3.63, 3.8) is 0 Å². The van der Waals surface area contributed by atoms with Crippen LogP contribution in [0.15, 0.2) is 23.3 Å². The van der Waals surface area contributed by atoms with Crippen LogP contribution in [0.4, 0.5) is 0 Å². The second-order valence-corrected chi connectivity index (χ2v) is 13.1. The molecule has 2 heterocycles. The van der Waals surface area contributed by atoms with Crippen LogP contribution in [0, 0.1) is 34.5 Å². The molecule has 9 nitrogen and oxygen atoms in total. The van der Waals surface area contributed by atoms with Gasteiger partial charge in [-0.1, -0.05) is 19.9 Å². The summed E-state index contributed by atoms with van der Waals surface area (Å²) in [6.45, 7) is 4.49. The van der Waals surface area contributed by atoms with Crippen molar-refractivity contribution < 1.29 is 44.5 Å². The van der Waals surface area contributed by atoms with E-state index >= 15 is 0 Å². The fourth-order valence-corrected chi connectivity index (χ4v) is 9.37. The second kappa shape index (κ2) is 9.65. The Hall–Kier alpha value is -1.33. The van der Waals surface area contributed by atoms with E-state index in [-0.39, 0.29) is 28.8 Å². The third-order valence-electron chi connectivity index (χ3n) is 11.4. The first-order valence-electron chi connectivity index (χ1n) is 14.3. The lowest BCUT2D eigenvalue weighted by atomic mass is 9.44. The normalized spacial score (nSPS) is 52.4. The Morgan fingerprint density at radius 1 is 1.03 bits per heavy atom. The van der Waals surface area contributed by atoms with Crippen LogP contribution >= 0.6 is 0 Å². The average Bonchev–Trinajstić information content (AvgIpc) is 3.44. The molecule has 3 saturated carbocycles. The van der Waals surface area contributed by atoms with Crippen molar-refractivity contribution in [2.24, 2.45) is 34.5 Å². The van der Waals surface area contributed by atoms with Crippen molar-refractivity contribution in [3.8, 4) is 0 Å². The van der Waals surface area contributed by atoms with E-state index in [1.54, 1.807) is 6.08 Å². The molecule has 212 valence electrons. The number of ether oxygens (including phenoxy) is 3. The molecule has 5 N–H and O–H groups in total. The summed E-state index contributed by atoms with van der Waals surface area (Å²) < 4.78 is 17.0. The van der Waals surface area contributed by atoms with E-state index in [0.717, 1.165) is 56.1 Å². The van der Waals surface area contributed by atoms with Gasteiger partial charge in [-0.2, -0.15) is 0 Å². The van der Waals surface area contributed by atoms with Crippen LogP contribution in [0.1, 0.15) is 58.8 Å². The van der Waals surface area contributed by atoms with Gasteiger partial charge in [-0.25, -0.2) is 4.79 Å². The summed E-state index contributed by atoms with van der Waals surface area (Å²) in [4.78, 5) is 11.8. The fraction of sp³-hybridized carbons (Fsp3) is 0.828. The molecular formula is C29H42O9. The fourth-order valence-electron chi connectivity index (χ4n) is 9.37. The van der Waals surface area contributed by atoms with Gasteiger partial charge in [-0.3, -0.25) is 0 Å². The highest BCUT2D eigenvalue weighted by molar-refractivity contribution is 5.86. The minimum absolute atomic E-state index is 0.119. The van der Waals surface area contributed by atoms with Gasteiger partial charge in [0.05, 0.1) is 18.8 Å². The Balaban J connectivity index is 1.15. The highest BCUT2D eigenvalue weighted by Gasteiger charge is 2.61. The van der Waals surface area contributed by atoms with Gasteiger partial charge in [-0.05, 0) is 79.1 Å². The Morgan fingerprint density at radius 2 is 1.82 bits per heavy atom. The first kappa shape index (κ1) is 26.9. The maximum absolute atomic E-state index is 11.8. The molecule has 4 fully saturated rings. The maximum atomic E-state index is 11.8. The van der Waals surface area contributed by atoms with Gasteiger partial charge >= 0.3 is 5.97 Å². The Kier molecular flexibility index (Phi) is 6.82. The number of esters is 1. The number of hydrogen-bond donors (Lipinski definition) is 5. The largest absolute Gasteiger partial charge is 0.458 e. The van der Waals surface area contributed by atoms with Crippen LogP contribution < -0.4 is 0 Å². The zero-order valence-electron chi connectivity index (χ0n) is 22.2. The van der Waals surface area contributed by atoms with E-state index in [9.17, 15) is 30.3 Å². The SMILES string of the molecule is C[C@]12CC[C@H](O[C@@H]3O[C@H](CO)[C@@H](O)[C@H](O)[C@H]3O)C[C@H]1CC[C@H]1[C@H]3[C@H](O)C=C(C4=CC(=O)OC4)[C@@]3(C)CC[C@@H]12. The molecule has 6 rings (SSSR count). The quantitative estimate of drug-likeness (QED) is 0.265. The van der Waals surface area contributed by atoms with Crippen molar-refractivity contribution in [3.05, 3.63) is 23.3 Å². The molecule has 0 aromatic heterocycles. The Morgan fingerprint density at radius 3 is 2.53 bits per heavy atom. The van der Waals surface area contributed by atoms with E-state index in [0.29, 0.717) is 24.4 Å². The van der Waals surface area contributed by atoms with E-state index in [1.165, 1.54) is 0 Å². The van der Waals surface area contributed by atoms with Gasteiger partial charge < -0.3 is 39.7 Å². The first-order valence-corrected chi connectivity index (χ1v) is 14.3. The molecule has 1 saturated heterocycles. The summed E-state index contributed by atoms with van der Waals surface area (Å²) in [6, 6.07) is 0. The van der Waals surface area contributed by atoms with Crippen LogP contribution in [0.2, 0.25) is 0 Å². The number of aliphatic hydroxyl groups excluding tert-OH is 5. The summed E-state index contributed by atoms with van der Waals surface area (Å²) in [7, 11) is 0. The van der Waals surface area contributed by atoms with E-state index in [1.807, 2.05) is 6.08 Å². The molecule has 0 aromatic rings. The number of rotatable bonds is 4. The molecule has 38 heavy (non-hydrogen) atoms. The number of carbonyl (C=O) groups is 1. The van der Waals surface area contributed by atoms with E-state index < -0.39 is 43.4 Å². The summed E-state index contributed by atoms with van der Waals surface area (Å²) in [5.74, 6) is 1.16. The topological polar surface area (TPSA) is 146 Å². The molecule has 9 heteroatoms. The molecule has 13 atom stereocenters. The van der Waals surface area contributed by atoms with Crippen molar-refractivity contribution in [2.45, 2.75) is 102 Å². The third kappa shape index (κ3) is 4.04. The van der Waals surface area contributed by atoms with Crippen LogP contribution in [-0.4, -0.2) is 87.6 Å². The zero-order valence-corrected chi connectivity index (χ0v) is 22.2. The summed E-state index contributed by atoms with van der Waals surface area (Å²) in [5.41, 5.74) is 1.98. The predicted molar refractivity (Wildman–Crippen MR) is 134 cm³/mol. The summed E-state index contributed by atoms with van der Waals surface area (Å²) >= 11 is 0. The molecule has 0 spiro atoms. The van der Waals surface area contributed by atoms with E-state index in [2.05, 4.69) is 13.8 Å². The standard InChI is InChI=1S/C29H42O9/c1-28-7-5-16(37-27-26(35)25(34)24(33)21(12-30)38-27)10-15(28)3-4-17-18(28)6-8-29(2)19(11-20(31)23(17)29)14-9-22(32)36-13-14/h9,11,15-18,20-21,23-27,30-31,33-35H,3-8,10,12-13H2,1-2H3/t15-,16+,17-,18+,20-,21-,23+,24-,25+,26-,27-,28+,29-/m1/s1. The summed E-state index contributed by atoms with van der Waals surface area (Å²) in [5, 5.41) is 51.5. The van der Waals surface area contributed by atoms with E-state index in [4.69, 9.17) is 14.2 Å². The van der Waals surface area contributed by atoms with Crippen molar-refractivity contribution in [2.75, 3.05) is 13.2 Å². The number of cyclic esters (lactones) is 1. The van der Waals surface area contributed by atoms with Gasteiger partial charge in [0.15, 0.2) is 6.29 Å². The van der Waals surface area contributed by atoms with Crippen molar-refractivity contribution >= 4 is 5.97 Å². The van der Waals surface area contributed by atoms with Crippen molar-refractivity contribution in [1.82, 2.24) is 0 Å². The van der Waals surface area contributed by atoms with Gasteiger partial charge in [0, 0.05) is 17.6 Å². The van der Waals surface area contributed by atoms with Crippen LogP contribution in [-0.2, 0) is 19.0 Å². The number of fused-ring (bicyclic) bond motifs is 5. The van der Waals surface area contributed by atoms with Gasteiger partial charge in [0.1, 0.15) is 31.0 Å². The summed E-state index contributed by atoms with van der Waals surface area (Å²) in [6.07, 6.45) is 3.35. The Bertz CT molecular complexity index is 1010. The second-order valence-electron chi connectivity index (χ2n) is 13.1. The lowest BCUT2D eigenvalue weighted by Gasteiger charge is -2.61. The molecular weight excluding hydrogens is 492 g/mol. The molecule has 4 aliphatic carbocycles. The zero-order chi connectivity index (χ0) is 27.0. The van der Waals surface area contributed by atoms with Gasteiger partial charge in [0.25, 0.3) is 0 Å². The highest BCUT2D eigenvalue weighted by atomic mass is 16.7. The highest BCUT2D eigenvalue weighted by Crippen LogP contribution is 2.67. The van der Waals surface area contributed by atoms with Crippen molar-refractivity contribution in [1.29, 1.82) is 0 Å². The lowest BCUT2D eigenvalue weighted by molar-refractivity contribution is -0.316. The Labute approximate surface area is 223 Å². The smallest absolute Gasteiger partial charge is 0.331 e. The molecule has 0 bridgehead atoms. The first-order chi connectivity index (χ1) is 18.1. The number of hydrogen-bond acceptors (Lipinski definition) is 9. The molecule has 0 aromatic carbocycles. The van der Waals surface area contributed by atoms with Crippen LogP contribution in [0.5, 0.6) is 0 Å². The maximum Gasteiger partial charge on any atom is 0.331 e. The predicted octanol–water partition coefficient (Wildman–Crippen LogP) is 1.20. The minimum atomic E-state index is -1.44. The third-order valence-corrected chi connectivity index (χ3v) is 11.4. The monoisotopic (exact) mass is 534 g/mol. The molecule has 0 amide bonds. The molecule has 0 radical (unpaired) electrons. The minimum Gasteiger partial charge on any atom is -0.458 e. The molecule has 2 aliphatic heterocycles. The molecule has 0 unspecified atom stereocenters. The lowest BCUT2D eigenvalue weighted by Crippen LogP contribution is -2.60. The van der Waals surface area contributed by atoms with Crippen LogP contribution in [0.3, 0.4) is 0 Å². The number of aliphatic hydroxyl groups is 5. The number of carbonyl (C=O) groups excluding carboxylic acids is 1.